The van der Waals surface area contributed by atoms with Crippen molar-refractivity contribution in [2.24, 2.45) is 5.16 Å². The highest BCUT2D eigenvalue weighted by Gasteiger charge is 2.51. The lowest BCUT2D eigenvalue weighted by Gasteiger charge is -2.42. The molecule has 0 spiro atoms. The Bertz CT molecular complexity index is 1640. The molecule has 7 N–H and O–H groups in total. The number of carbonyl (C=O) groups excluding carboxylic acids is 2. The van der Waals surface area contributed by atoms with Crippen LogP contribution in [0.25, 0.3) is 11.0 Å². The van der Waals surface area contributed by atoms with Crippen molar-refractivity contribution in [1.82, 2.24) is 24.6 Å². The highest BCUT2D eigenvalue weighted by atomic mass is 32.2. The number of nitrogen functional groups attached to an aromatic ring is 1. The Morgan fingerprint density at radius 1 is 1.21 bits per heavy atom. The third-order valence-corrected chi connectivity index (χ3v) is 7.16. The number of benzene rings is 1. The number of oxime groups is 1. The quantitative estimate of drug-likeness (QED) is 0.0454. The summed E-state index contributed by atoms with van der Waals surface area (Å²) in [4.78, 5) is 53.9. The first-order valence-electron chi connectivity index (χ1n) is 10.8. The van der Waals surface area contributed by atoms with Gasteiger partial charge in [-0.25, -0.2) is 24.1 Å². The highest BCUT2D eigenvalue weighted by Crippen LogP contribution is 2.29. The highest BCUT2D eigenvalue weighted by molar-refractivity contribution is 7.84. The minimum Gasteiger partial charge on any atom is -0.504 e. The SMILES string of the molecule is C[C@@H]1[C@H](NC(=O)C(=NOCCc2nc3cc(O)c(O)cc3nc2C(=O)O)c2csc(N)n2)C(=O)N1S(=O)(=O)O. The summed E-state index contributed by atoms with van der Waals surface area (Å²) in [6, 6.07) is -0.210. The van der Waals surface area contributed by atoms with Crippen LogP contribution >= 0.6 is 11.3 Å². The van der Waals surface area contributed by atoms with Gasteiger partial charge < -0.3 is 31.2 Å². The monoisotopic (exact) mass is 581 g/mol. The first-order valence-corrected chi connectivity index (χ1v) is 13.0. The number of carbonyl (C=O) groups is 3. The largest absolute Gasteiger partial charge is 0.504 e. The average Bonchev–Trinajstić information content (AvgIpc) is 3.27. The summed E-state index contributed by atoms with van der Waals surface area (Å²) >= 11 is 0.979. The van der Waals surface area contributed by atoms with Crippen molar-refractivity contribution < 1.29 is 47.5 Å². The number of aromatic hydroxyl groups is 2. The van der Waals surface area contributed by atoms with Crippen LogP contribution in [0.5, 0.6) is 11.5 Å². The van der Waals surface area contributed by atoms with Crippen molar-refractivity contribution in [3.05, 3.63) is 34.6 Å². The Hall–Kier alpha value is -4.62. The van der Waals surface area contributed by atoms with Crippen LogP contribution in [0.4, 0.5) is 5.13 Å². The van der Waals surface area contributed by atoms with Gasteiger partial charge in [-0.05, 0) is 6.92 Å². The number of β-lactam (4-membered cyclic amide) rings is 1. The number of hydrogen-bond donors (Lipinski definition) is 6. The average molecular weight is 582 g/mol. The van der Waals surface area contributed by atoms with Crippen LogP contribution in [0.2, 0.25) is 0 Å². The lowest BCUT2D eigenvalue weighted by molar-refractivity contribution is -0.143. The van der Waals surface area contributed by atoms with Gasteiger partial charge in [0.2, 0.25) is 0 Å². The number of fused-ring (bicyclic) bond motifs is 1. The molecule has 1 saturated heterocycles. The summed E-state index contributed by atoms with van der Waals surface area (Å²) in [5.41, 5.74) is 4.83. The number of phenols is 2. The number of phenolic OH excluding ortho intramolecular Hbond substituents is 2. The van der Waals surface area contributed by atoms with Gasteiger partial charge in [-0.3, -0.25) is 14.1 Å². The molecule has 2 atom stereocenters. The summed E-state index contributed by atoms with van der Waals surface area (Å²) in [6.45, 7) is 0.982. The van der Waals surface area contributed by atoms with Gasteiger partial charge in [0, 0.05) is 23.9 Å². The number of hydrogen-bond acceptors (Lipinski definition) is 14. The van der Waals surface area contributed by atoms with Crippen molar-refractivity contribution in [3.8, 4) is 11.5 Å². The molecule has 39 heavy (non-hydrogen) atoms. The van der Waals surface area contributed by atoms with Gasteiger partial charge in [0.05, 0.1) is 22.8 Å². The van der Waals surface area contributed by atoms with Crippen molar-refractivity contribution in [2.75, 3.05) is 12.3 Å². The van der Waals surface area contributed by atoms with Gasteiger partial charge in [0.1, 0.15) is 18.3 Å². The lowest BCUT2D eigenvalue weighted by atomic mass is 10.0. The molecule has 0 unspecified atom stereocenters. The number of nitrogens with zero attached hydrogens (tertiary/aromatic N) is 5. The molecule has 1 aromatic carbocycles. The van der Waals surface area contributed by atoms with E-state index >= 15 is 0 Å². The second-order valence-electron chi connectivity index (χ2n) is 8.05. The maximum Gasteiger partial charge on any atom is 0.362 e. The van der Waals surface area contributed by atoms with Gasteiger partial charge in [-0.1, -0.05) is 5.16 Å². The third kappa shape index (κ3) is 5.49. The molecule has 0 aliphatic carbocycles. The van der Waals surface area contributed by atoms with Crippen LogP contribution in [-0.4, -0.2) is 89.7 Å². The van der Waals surface area contributed by atoms with E-state index in [9.17, 15) is 38.1 Å². The molecule has 206 valence electrons. The predicted octanol–water partition coefficient (Wildman–Crippen LogP) is -0.740. The maximum absolute atomic E-state index is 12.9. The molecule has 0 saturated carbocycles. The van der Waals surface area contributed by atoms with Crippen LogP contribution in [-0.2, 0) is 31.2 Å². The molecule has 1 aliphatic heterocycles. The summed E-state index contributed by atoms with van der Waals surface area (Å²) in [5.74, 6) is -4.43. The first kappa shape index (κ1) is 27.4. The smallest absolute Gasteiger partial charge is 0.362 e. The van der Waals surface area contributed by atoms with Crippen molar-refractivity contribution in [1.29, 1.82) is 0 Å². The molecule has 1 fully saturated rings. The second-order valence-corrected chi connectivity index (χ2v) is 10.2. The fourth-order valence-corrected chi connectivity index (χ4v) is 5.06. The molecule has 2 aromatic heterocycles. The molecule has 19 heteroatoms. The van der Waals surface area contributed by atoms with E-state index in [0.717, 1.165) is 23.5 Å². The summed E-state index contributed by atoms with van der Waals surface area (Å²) < 4.78 is 31.9. The van der Waals surface area contributed by atoms with Gasteiger partial charge in [0.15, 0.2) is 28.0 Å². The Balaban J connectivity index is 1.52. The lowest BCUT2D eigenvalue weighted by Crippen LogP contribution is -2.71. The number of carboxylic acids is 1. The molecule has 0 bridgehead atoms. The number of thiazole rings is 1. The van der Waals surface area contributed by atoms with Crippen molar-refractivity contribution in [3.63, 3.8) is 0 Å². The topological polar surface area (TPSA) is 268 Å². The van der Waals surface area contributed by atoms with E-state index in [4.69, 9.17) is 15.1 Å². The normalized spacial score (nSPS) is 17.6. The molecule has 1 aliphatic rings. The number of anilines is 1. The van der Waals surface area contributed by atoms with E-state index in [2.05, 4.69) is 25.4 Å². The zero-order valence-corrected chi connectivity index (χ0v) is 21.3. The predicted molar refractivity (Wildman–Crippen MR) is 132 cm³/mol. The Kier molecular flexibility index (Phi) is 7.22. The molecule has 4 rings (SSSR count). The minimum absolute atomic E-state index is 0.0203. The molecule has 3 aromatic rings. The van der Waals surface area contributed by atoms with Gasteiger partial charge >= 0.3 is 16.3 Å². The van der Waals surface area contributed by atoms with E-state index in [-0.39, 0.29) is 44.9 Å². The number of aromatic carboxylic acids is 1. The number of nitrogens with two attached hydrogens (primary N) is 1. The number of amides is 2. The fourth-order valence-electron chi connectivity index (χ4n) is 3.63. The van der Waals surface area contributed by atoms with Crippen molar-refractivity contribution >= 4 is 61.3 Å². The molecule has 3 heterocycles. The maximum atomic E-state index is 12.9. The Morgan fingerprint density at radius 3 is 2.38 bits per heavy atom. The van der Waals surface area contributed by atoms with E-state index in [0.29, 0.717) is 0 Å². The Morgan fingerprint density at radius 2 is 1.85 bits per heavy atom. The van der Waals surface area contributed by atoms with Gasteiger partial charge in [-0.15, -0.1) is 11.3 Å². The van der Waals surface area contributed by atoms with Crippen LogP contribution in [0.1, 0.15) is 28.8 Å². The van der Waals surface area contributed by atoms with Crippen molar-refractivity contribution in [2.45, 2.75) is 25.4 Å². The zero-order chi connectivity index (χ0) is 28.6. The second kappa shape index (κ2) is 10.3. The number of nitrogens with one attached hydrogen (secondary N) is 1. The van der Waals surface area contributed by atoms with E-state index in [1.807, 2.05) is 0 Å². The van der Waals surface area contributed by atoms with Gasteiger partial charge in [0.25, 0.3) is 11.8 Å². The van der Waals surface area contributed by atoms with Gasteiger partial charge in [-0.2, -0.15) is 8.42 Å². The van der Waals surface area contributed by atoms with E-state index in [1.165, 1.54) is 12.3 Å². The summed E-state index contributed by atoms with van der Waals surface area (Å²) in [7, 11) is -4.80. The van der Waals surface area contributed by atoms with Crippen LogP contribution in [0.15, 0.2) is 22.7 Å². The third-order valence-electron chi connectivity index (χ3n) is 5.47. The van der Waals surface area contributed by atoms with Crippen LogP contribution < -0.4 is 11.1 Å². The molecular weight excluding hydrogens is 562 g/mol. The Labute approximate surface area is 222 Å². The number of aromatic nitrogens is 3. The number of carboxylic acid groups (broad SMARTS) is 1. The zero-order valence-electron chi connectivity index (χ0n) is 19.7. The minimum atomic E-state index is -4.80. The van der Waals surface area contributed by atoms with Crippen LogP contribution in [0.3, 0.4) is 0 Å². The molecule has 0 radical (unpaired) electrons. The standard InChI is InChI=1S/C20H19N7O10S2/c1-7-14(18(31)27(7)39(34,35)36)25-17(30)15(11-6-38-20(21)24-11)26-37-3-2-8-16(19(32)33)23-10-5-13(29)12(28)4-9(10)22-8/h4-7,14,28-29H,2-3H2,1H3,(H2,21,24)(H,25,30)(H,32,33)(H,34,35,36)/t7-,14+/m1/s1. The molecule has 2 amide bonds. The summed E-state index contributed by atoms with van der Waals surface area (Å²) in [5, 5.41) is 36.3. The van der Waals surface area contributed by atoms with Crippen LogP contribution in [0, 0.1) is 0 Å². The first-order chi connectivity index (χ1) is 18.3. The summed E-state index contributed by atoms with van der Waals surface area (Å²) in [6.07, 6.45) is -0.161. The fraction of sp³-hybridized carbons (Fsp3) is 0.250. The molecule has 17 nitrogen and oxygen atoms in total. The van der Waals surface area contributed by atoms with E-state index in [1.54, 1.807) is 0 Å². The number of rotatable bonds is 9. The molecular formula is C20H19N7O10S2. The van der Waals surface area contributed by atoms with E-state index < -0.39 is 63.1 Å².